The smallest absolute Gasteiger partial charge is 0.260 e. The first-order valence-electron chi connectivity index (χ1n) is 9.90. The predicted molar refractivity (Wildman–Crippen MR) is 115 cm³/mol. The molecule has 1 saturated heterocycles. The summed E-state index contributed by atoms with van der Waals surface area (Å²) in [5, 5.41) is 4.09. The Labute approximate surface area is 179 Å². The molecule has 1 amide bonds. The second kappa shape index (κ2) is 9.48. The first kappa shape index (κ1) is 20.7. The first-order chi connectivity index (χ1) is 15.2. The van der Waals surface area contributed by atoms with Gasteiger partial charge in [-0.05, 0) is 30.3 Å². The summed E-state index contributed by atoms with van der Waals surface area (Å²) in [6, 6.07) is 11.0. The zero-order chi connectivity index (χ0) is 21.6. The molecule has 3 aromatic rings. The van der Waals surface area contributed by atoms with Crippen molar-refractivity contribution in [2.45, 2.75) is 0 Å². The molecular weight excluding hydrogens is 400 g/mol. The zero-order valence-electron chi connectivity index (χ0n) is 17.5. The Kier molecular flexibility index (Phi) is 6.32. The van der Waals surface area contributed by atoms with Crippen LogP contribution >= 0.6 is 0 Å². The van der Waals surface area contributed by atoms with Crippen molar-refractivity contribution >= 4 is 28.3 Å². The van der Waals surface area contributed by atoms with Gasteiger partial charge in [0.2, 0.25) is 0 Å². The molecule has 1 aliphatic heterocycles. The summed E-state index contributed by atoms with van der Waals surface area (Å²) in [5.74, 6) is 2.42. The number of hydrogen-bond acceptors (Lipinski definition) is 8. The number of carbonyl (C=O) groups excluding carboxylic acids is 1. The van der Waals surface area contributed by atoms with E-state index in [1.165, 1.54) is 6.33 Å². The fraction of sp³-hybridized carbons (Fsp3) is 0.318. The van der Waals surface area contributed by atoms with E-state index in [4.69, 9.17) is 18.9 Å². The molecule has 4 rings (SSSR count). The Morgan fingerprint density at radius 1 is 1.06 bits per heavy atom. The Morgan fingerprint density at radius 2 is 1.77 bits per heavy atom. The topological polar surface area (TPSA) is 95.0 Å². The van der Waals surface area contributed by atoms with Crippen LogP contribution < -0.4 is 19.5 Å². The lowest BCUT2D eigenvalue weighted by Gasteiger charge is -2.26. The highest BCUT2D eigenvalue weighted by Gasteiger charge is 2.17. The van der Waals surface area contributed by atoms with Gasteiger partial charge in [0.25, 0.3) is 5.91 Å². The van der Waals surface area contributed by atoms with Gasteiger partial charge in [0.15, 0.2) is 18.1 Å². The third-order valence-electron chi connectivity index (χ3n) is 4.98. The molecule has 1 N–H and O–H groups in total. The average Bonchev–Trinajstić information content (AvgIpc) is 2.83. The minimum atomic E-state index is -0.0395. The number of aromatic nitrogens is 2. The second-order valence-corrected chi connectivity index (χ2v) is 6.88. The SMILES string of the molecule is COc1cc2ncnc(Nc3ccc(OCC(=O)N4CCOCC4)cc3)c2cc1OC. The molecule has 0 radical (unpaired) electrons. The number of anilines is 2. The maximum atomic E-state index is 12.2. The van der Waals surface area contributed by atoms with Crippen molar-refractivity contribution in [3.63, 3.8) is 0 Å². The van der Waals surface area contributed by atoms with Crippen LogP contribution in [0.1, 0.15) is 0 Å². The number of ether oxygens (including phenoxy) is 4. The molecule has 1 fully saturated rings. The molecule has 9 nitrogen and oxygen atoms in total. The lowest BCUT2D eigenvalue weighted by Crippen LogP contribution is -2.42. The Balaban J connectivity index is 1.44. The van der Waals surface area contributed by atoms with E-state index in [-0.39, 0.29) is 12.5 Å². The van der Waals surface area contributed by atoms with Crippen LogP contribution in [-0.4, -0.2) is 67.9 Å². The number of nitrogens with one attached hydrogen (secondary N) is 1. The lowest BCUT2D eigenvalue weighted by atomic mass is 10.2. The molecule has 0 saturated carbocycles. The van der Waals surface area contributed by atoms with Gasteiger partial charge in [-0.3, -0.25) is 4.79 Å². The Hall–Kier alpha value is -3.59. The summed E-state index contributed by atoms with van der Waals surface area (Å²) >= 11 is 0. The van der Waals surface area contributed by atoms with E-state index in [1.54, 1.807) is 19.1 Å². The maximum absolute atomic E-state index is 12.2. The Bertz CT molecular complexity index is 1050. The van der Waals surface area contributed by atoms with Crippen LogP contribution in [0.5, 0.6) is 17.2 Å². The fourth-order valence-corrected chi connectivity index (χ4v) is 3.30. The summed E-state index contributed by atoms with van der Waals surface area (Å²) in [4.78, 5) is 22.6. The van der Waals surface area contributed by atoms with Crippen LogP contribution in [0.25, 0.3) is 10.9 Å². The molecule has 9 heteroatoms. The van der Waals surface area contributed by atoms with Crippen LogP contribution in [0.3, 0.4) is 0 Å². The van der Waals surface area contributed by atoms with E-state index < -0.39 is 0 Å². The molecule has 1 aliphatic rings. The quantitative estimate of drug-likeness (QED) is 0.619. The van der Waals surface area contributed by atoms with Crippen molar-refractivity contribution in [3.8, 4) is 17.2 Å². The van der Waals surface area contributed by atoms with Gasteiger partial charge in [0.1, 0.15) is 17.9 Å². The molecular formula is C22H24N4O5. The van der Waals surface area contributed by atoms with Crippen molar-refractivity contribution in [2.75, 3.05) is 52.4 Å². The molecule has 0 bridgehead atoms. The molecule has 1 aromatic heterocycles. The van der Waals surface area contributed by atoms with Crippen LogP contribution in [-0.2, 0) is 9.53 Å². The summed E-state index contributed by atoms with van der Waals surface area (Å²) in [7, 11) is 3.17. The van der Waals surface area contributed by atoms with Crippen molar-refractivity contribution in [1.29, 1.82) is 0 Å². The number of hydrogen-bond donors (Lipinski definition) is 1. The summed E-state index contributed by atoms with van der Waals surface area (Å²) in [6.45, 7) is 2.36. The van der Waals surface area contributed by atoms with Gasteiger partial charge in [-0.1, -0.05) is 0 Å². The van der Waals surface area contributed by atoms with Crippen molar-refractivity contribution in [3.05, 3.63) is 42.7 Å². The van der Waals surface area contributed by atoms with E-state index >= 15 is 0 Å². The zero-order valence-corrected chi connectivity index (χ0v) is 17.5. The number of rotatable bonds is 7. The van der Waals surface area contributed by atoms with Gasteiger partial charge >= 0.3 is 0 Å². The summed E-state index contributed by atoms with van der Waals surface area (Å²) in [6.07, 6.45) is 1.49. The van der Waals surface area contributed by atoms with Gasteiger partial charge in [0.05, 0.1) is 33.0 Å². The molecule has 0 spiro atoms. The average molecular weight is 424 g/mol. The predicted octanol–water partition coefficient (Wildman–Crippen LogP) is 2.63. The van der Waals surface area contributed by atoms with Crippen LogP contribution in [0, 0.1) is 0 Å². The number of morpholine rings is 1. The largest absolute Gasteiger partial charge is 0.493 e. The monoisotopic (exact) mass is 424 g/mol. The number of carbonyl (C=O) groups is 1. The van der Waals surface area contributed by atoms with Crippen molar-refractivity contribution in [1.82, 2.24) is 14.9 Å². The molecule has 2 aromatic carbocycles. The number of nitrogens with zero attached hydrogens (tertiary/aromatic N) is 3. The third kappa shape index (κ3) is 4.77. The molecule has 0 atom stereocenters. The van der Waals surface area contributed by atoms with Crippen LogP contribution in [0.4, 0.5) is 11.5 Å². The summed E-state index contributed by atoms with van der Waals surface area (Å²) in [5.41, 5.74) is 1.55. The van der Waals surface area contributed by atoms with Gasteiger partial charge in [0, 0.05) is 30.2 Å². The van der Waals surface area contributed by atoms with Crippen LogP contribution in [0.2, 0.25) is 0 Å². The van der Waals surface area contributed by atoms with Crippen molar-refractivity contribution in [2.24, 2.45) is 0 Å². The van der Waals surface area contributed by atoms with Gasteiger partial charge in [-0.2, -0.15) is 0 Å². The first-order valence-corrected chi connectivity index (χ1v) is 9.90. The normalized spacial score (nSPS) is 13.7. The standard InChI is InChI=1S/C22H24N4O5/c1-28-19-11-17-18(12-20(19)29-2)23-14-24-22(17)25-15-3-5-16(6-4-15)31-13-21(27)26-7-9-30-10-8-26/h3-6,11-12,14H,7-10,13H2,1-2H3,(H,23,24,25). The minimum absolute atomic E-state index is 0.00491. The lowest BCUT2D eigenvalue weighted by molar-refractivity contribution is -0.137. The molecule has 162 valence electrons. The number of benzene rings is 2. The van der Waals surface area contributed by atoms with Gasteiger partial charge in [-0.15, -0.1) is 0 Å². The molecule has 0 unspecified atom stereocenters. The number of amides is 1. The highest BCUT2D eigenvalue weighted by atomic mass is 16.5. The summed E-state index contributed by atoms with van der Waals surface area (Å²) < 4.78 is 21.6. The van der Waals surface area contributed by atoms with E-state index in [0.29, 0.717) is 49.4 Å². The third-order valence-corrected chi connectivity index (χ3v) is 4.98. The van der Waals surface area contributed by atoms with Gasteiger partial charge in [-0.25, -0.2) is 9.97 Å². The highest BCUT2D eigenvalue weighted by molar-refractivity contribution is 5.93. The van der Waals surface area contributed by atoms with Gasteiger partial charge < -0.3 is 29.2 Å². The minimum Gasteiger partial charge on any atom is -0.493 e. The van der Waals surface area contributed by atoms with E-state index in [1.807, 2.05) is 36.4 Å². The number of methoxy groups -OCH3 is 2. The number of fused-ring (bicyclic) bond motifs is 1. The maximum Gasteiger partial charge on any atom is 0.260 e. The van der Waals surface area contributed by atoms with E-state index in [0.717, 1.165) is 16.6 Å². The Morgan fingerprint density at radius 3 is 2.48 bits per heavy atom. The fourth-order valence-electron chi connectivity index (χ4n) is 3.30. The highest BCUT2D eigenvalue weighted by Crippen LogP contribution is 2.34. The van der Waals surface area contributed by atoms with Crippen molar-refractivity contribution < 1.29 is 23.7 Å². The molecule has 31 heavy (non-hydrogen) atoms. The van der Waals surface area contributed by atoms with E-state index in [9.17, 15) is 4.79 Å². The second-order valence-electron chi connectivity index (χ2n) is 6.88. The van der Waals surface area contributed by atoms with E-state index in [2.05, 4.69) is 15.3 Å². The van der Waals surface area contributed by atoms with Crippen LogP contribution in [0.15, 0.2) is 42.7 Å². The molecule has 0 aliphatic carbocycles. The molecule has 2 heterocycles.